The number of carbonyl (C=O) groups is 2. The predicted octanol–water partition coefficient (Wildman–Crippen LogP) is 6.93. The number of ether oxygens (including phenoxy) is 2. The Morgan fingerprint density at radius 3 is 2.26 bits per heavy atom. The molecule has 2 aliphatic rings. The number of esters is 1. The van der Waals surface area contributed by atoms with E-state index in [9.17, 15) is 22.8 Å². The van der Waals surface area contributed by atoms with E-state index in [0.29, 0.717) is 36.4 Å². The Balaban J connectivity index is 1.62. The zero-order valence-electron chi connectivity index (χ0n) is 27.8. The molecule has 258 valence electrons. The summed E-state index contributed by atoms with van der Waals surface area (Å²) >= 11 is 2.83. The summed E-state index contributed by atoms with van der Waals surface area (Å²) in [6.07, 6.45) is -3.37. The lowest BCUT2D eigenvalue weighted by Gasteiger charge is -2.43. The summed E-state index contributed by atoms with van der Waals surface area (Å²) in [6.45, 7) is 11.9. The monoisotopic (exact) mass is 728 g/mol. The third-order valence-electron chi connectivity index (χ3n) is 8.39. The first kappa shape index (κ1) is 35.1. The van der Waals surface area contributed by atoms with Gasteiger partial charge in [-0.25, -0.2) is 19.2 Å². The van der Waals surface area contributed by atoms with Gasteiger partial charge in [-0.3, -0.25) is 4.79 Å². The number of likely N-dealkylation sites (N-methyl/N-ethyl adjacent to an activating group) is 1. The molecule has 15 heteroatoms. The fraction of sp³-hybridized carbons (Fsp3) is 0.625. The minimum atomic E-state index is -4.84. The highest BCUT2D eigenvalue weighted by atomic mass is 79.9. The summed E-state index contributed by atoms with van der Waals surface area (Å²) in [4.78, 5) is 41.0. The van der Waals surface area contributed by atoms with Crippen LogP contribution in [0.15, 0.2) is 16.9 Å². The van der Waals surface area contributed by atoms with Gasteiger partial charge in [0, 0.05) is 43.1 Å². The number of aromatic nitrogens is 3. The van der Waals surface area contributed by atoms with Gasteiger partial charge in [-0.05, 0) is 90.5 Å². The van der Waals surface area contributed by atoms with Crippen molar-refractivity contribution in [3.8, 4) is 0 Å². The highest BCUT2D eigenvalue weighted by molar-refractivity contribution is 9.10. The number of hydrogen-bond acceptors (Lipinski definition) is 8. The largest absolute Gasteiger partial charge is 0.460 e. The Labute approximate surface area is 279 Å². The van der Waals surface area contributed by atoms with Crippen molar-refractivity contribution >= 4 is 55.7 Å². The van der Waals surface area contributed by atoms with Crippen LogP contribution in [-0.2, 0) is 20.4 Å². The quantitative estimate of drug-likeness (QED) is 0.207. The summed E-state index contributed by atoms with van der Waals surface area (Å²) in [6, 6.07) is 0.0828. The van der Waals surface area contributed by atoms with E-state index in [1.807, 2.05) is 19.0 Å². The van der Waals surface area contributed by atoms with Crippen LogP contribution in [0.4, 0.5) is 28.2 Å². The number of fused-ring (bicyclic) bond motifs is 3. The number of pyridine rings is 1. The summed E-state index contributed by atoms with van der Waals surface area (Å²) in [5.74, 6) is -1.23. The highest BCUT2D eigenvalue weighted by Crippen LogP contribution is 2.44. The van der Waals surface area contributed by atoms with Crippen molar-refractivity contribution in [1.29, 1.82) is 0 Å². The van der Waals surface area contributed by atoms with Crippen LogP contribution < -0.4 is 4.90 Å². The molecule has 0 bridgehead atoms. The molecule has 1 amide bonds. The molecule has 5 rings (SSSR count). The lowest BCUT2D eigenvalue weighted by atomic mass is 9.94. The topological polar surface area (TPSA) is 93.0 Å². The Morgan fingerprint density at radius 1 is 1.04 bits per heavy atom. The van der Waals surface area contributed by atoms with E-state index in [2.05, 4.69) is 30.8 Å². The summed E-state index contributed by atoms with van der Waals surface area (Å²) in [5.41, 5.74) is -2.24. The van der Waals surface area contributed by atoms with Gasteiger partial charge in [-0.1, -0.05) is 0 Å². The first-order valence-electron chi connectivity index (χ1n) is 15.5. The predicted molar refractivity (Wildman–Crippen MR) is 173 cm³/mol. The van der Waals surface area contributed by atoms with Crippen LogP contribution >= 0.6 is 15.9 Å². The number of alkyl halides is 3. The maximum absolute atomic E-state index is 15.8. The highest BCUT2D eigenvalue weighted by Gasteiger charge is 2.40. The minimum absolute atomic E-state index is 0.0303. The lowest BCUT2D eigenvalue weighted by Crippen LogP contribution is -2.57. The van der Waals surface area contributed by atoms with Crippen LogP contribution in [0.25, 0.3) is 21.9 Å². The summed E-state index contributed by atoms with van der Waals surface area (Å²) < 4.78 is 70.4. The van der Waals surface area contributed by atoms with Crippen molar-refractivity contribution < 1.29 is 36.6 Å². The SMILES string of the molecule is CN(C)C1CN(c2nc3c(F)c(Br)c(C(F)(F)F)cc3c3c2ncn3[C@H]2CCN(C(=O)OC(C)(C)C)C(CC(=O)OC(C)(C)C)C2)C1. The van der Waals surface area contributed by atoms with E-state index in [1.54, 1.807) is 46.1 Å². The van der Waals surface area contributed by atoms with E-state index in [0.717, 1.165) is 6.07 Å². The molecule has 2 aromatic heterocycles. The standard InChI is InChI=1S/C32H41BrF4N6O4/c1-30(2,3)46-22(44)12-18-11-17(9-10-42(18)29(45)47-31(4,5)6)43-16-38-26-27(43)20-13-21(32(35,36)37)23(33)24(34)25(20)39-28(26)41-14-19(15-41)40(7)8/h13,16-19H,9-12,14-15H2,1-8H3/t17-,18?/m0/s1. The molecule has 10 nitrogen and oxygen atoms in total. The molecular weight excluding hydrogens is 688 g/mol. The zero-order chi connectivity index (χ0) is 34.8. The van der Waals surface area contributed by atoms with Gasteiger partial charge in [0.25, 0.3) is 0 Å². The molecule has 2 saturated heterocycles. The minimum Gasteiger partial charge on any atom is -0.460 e. The second-order valence-corrected chi connectivity index (χ2v) is 15.3. The van der Waals surface area contributed by atoms with Crippen molar-refractivity contribution in [2.24, 2.45) is 0 Å². The van der Waals surface area contributed by atoms with Gasteiger partial charge in [0.05, 0.1) is 28.3 Å². The second kappa shape index (κ2) is 12.4. The summed E-state index contributed by atoms with van der Waals surface area (Å²) in [5, 5.41) is -0.0303. The van der Waals surface area contributed by atoms with E-state index in [4.69, 9.17) is 9.47 Å². The molecule has 0 saturated carbocycles. The van der Waals surface area contributed by atoms with Gasteiger partial charge < -0.3 is 28.7 Å². The van der Waals surface area contributed by atoms with Crippen LogP contribution in [0.3, 0.4) is 0 Å². The van der Waals surface area contributed by atoms with Crippen molar-refractivity contribution in [1.82, 2.24) is 24.3 Å². The first-order chi connectivity index (χ1) is 21.6. The molecule has 0 spiro atoms. The van der Waals surface area contributed by atoms with Gasteiger partial charge in [-0.15, -0.1) is 0 Å². The number of nitrogens with zero attached hydrogens (tertiary/aromatic N) is 6. The number of hydrogen-bond donors (Lipinski definition) is 0. The molecule has 2 atom stereocenters. The number of likely N-dealkylation sites (tertiary alicyclic amines) is 1. The van der Waals surface area contributed by atoms with Gasteiger partial charge in [0.2, 0.25) is 0 Å². The van der Waals surface area contributed by atoms with E-state index >= 15 is 4.39 Å². The lowest BCUT2D eigenvalue weighted by molar-refractivity contribution is -0.156. The maximum atomic E-state index is 15.8. The molecule has 1 aromatic carbocycles. The molecule has 47 heavy (non-hydrogen) atoms. The Morgan fingerprint density at radius 2 is 1.68 bits per heavy atom. The normalized spacial score (nSPS) is 19.9. The molecule has 2 aliphatic heterocycles. The van der Waals surface area contributed by atoms with Crippen LogP contribution in [0, 0.1) is 5.82 Å². The molecule has 4 heterocycles. The molecular formula is C32H41BrF4N6O4. The maximum Gasteiger partial charge on any atom is 0.417 e. The smallest absolute Gasteiger partial charge is 0.417 e. The van der Waals surface area contributed by atoms with Crippen LogP contribution in [0.2, 0.25) is 0 Å². The van der Waals surface area contributed by atoms with E-state index < -0.39 is 57.4 Å². The number of amides is 1. The number of piperidine rings is 1. The Kier molecular flexibility index (Phi) is 9.23. The number of halogens is 5. The number of benzene rings is 1. The first-order valence-corrected chi connectivity index (χ1v) is 16.3. The molecule has 3 aromatic rings. The third-order valence-corrected chi connectivity index (χ3v) is 9.16. The summed E-state index contributed by atoms with van der Waals surface area (Å²) in [7, 11) is 3.90. The van der Waals surface area contributed by atoms with Gasteiger partial charge in [0.1, 0.15) is 22.2 Å². The zero-order valence-corrected chi connectivity index (χ0v) is 29.4. The molecule has 0 radical (unpaired) electrons. The molecule has 0 N–H and O–H groups in total. The number of carbonyl (C=O) groups excluding carboxylic acids is 2. The molecule has 2 fully saturated rings. The van der Waals surface area contributed by atoms with Crippen molar-refractivity contribution in [2.45, 2.75) is 96.3 Å². The van der Waals surface area contributed by atoms with Crippen LogP contribution in [0.5, 0.6) is 0 Å². The van der Waals surface area contributed by atoms with Gasteiger partial charge in [0.15, 0.2) is 11.6 Å². The molecule has 1 unspecified atom stereocenters. The number of anilines is 1. The average molecular weight is 730 g/mol. The fourth-order valence-corrected chi connectivity index (χ4v) is 6.65. The second-order valence-electron chi connectivity index (χ2n) is 14.5. The number of rotatable bonds is 5. The van der Waals surface area contributed by atoms with Crippen LogP contribution in [-0.4, -0.2) is 93.4 Å². The van der Waals surface area contributed by atoms with Crippen molar-refractivity contribution in [3.63, 3.8) is 0 Å². The van der Waals surface area contributed by atoms with Crippen LogP contribution in [0.1, 0.15) is 72.4 Å². The van der Waals surface area contributed by atoms with Crippen molar-refractivity contribution in [2.75, 3.05) is 38.6 Å². The van der Waals surface area contributed by atoms with Crippen molar-refractivity contribution in [3.05, 3.63) is 28.2 Å². The number of imidazole rings is 1. The average Bonchev–Trinajstić information content (AvgIpc) is 3.32. The van der Waals surface area contributed by atoms with E-state index in [1.165, 1.54) is 11.2 Å². The van der Waals surface area contributed by atoms with Gasteiger partial charge in [-0.2, -0.15) is 13.2 Å². The Hall–Kier alpha value is -3.20. The third kappa shape index (κ3) is 7.30. The molecule has 0 aliphatic carbocycles. The van der Waals surface area contributed by atoms with Gasteiger partial charge >= 0.3 is 18.2 Å². The Bertz CT molecular complexity index is 1690. The fourth-order valence-electron chi connectivity index (χ4n) is 6.13. The van der Waals surface area contributed by atoms with E-state index in [-0.39, 0.29) is 36.3 Å².